The van der Waals surface area contributed by atoms with Crippen molar-refractivity contribution < 1.29 is 9.59 Å². The number of aromatic nitrogens is 2. The third-order valence-electron chi connectivity index (χ3n) is 5.39. The summed E-state index contributed by atoms with van der Waals surface area (Å²) >= 11 is 1.56. The van der Waals surface area contributed by atoms with E-state index in [2.05, 4.69) is 15.8 Å². The van der Waals surface area contributed by atoms with Crippen LogP contribution in [-0.4, -0.2) is 33.0 Å². The molecule has 2 aromatic heterocycles. The lowest BCUT2D eigenvalue weighted by Gasteiger charge is -2.29. The van der Waals surface area contributed by atoms with E-state index in [1.165, 1.54) is 24.0 Å². The fraction of sp³-hybridized carbons (Fsp3) is 0.550. The van der Waals surface area contributed by atoms with Crippen molar-refractivity contribution in [3.63, 3.8) is 0 Å². The van der Waals surface area contributed by atoms with E-state index in [0.29, 0.717) is 26.2 Å². The van der Waals surface area contributed by atoms with Crippen molar-refractivity contribution in [1.82, 2.24) is 20.0 Å². The van der Waals surface area contributed by atoms with Gasteiger partial charge in [-0.05, 0) is 48.3 Å². The van der Waals surface area contributed by atoms with Gasteiger partial charge in [-0.2, -0.15) is 5.10 Å². The topological polar surface area (TPSA) is 67.2 Å². The van der Waals surface area contributed by atoms with E-state index in [-0.39, 0.29) is 17.7 Å². The minimum Gasteiger partial charge on any atom is -0.346 e. The normalized spacial score (nSPS) is 16.2. The number of fused-ring (bicyclic) bond motifs is 2. The van der Waals surface area contributed by atoms with Crippen LogP contribution < -0.4 is 5.32 Å². The number of carbonyl (C=O) groups excluding carboxylic acids is 2. The maximum Gasteiger partial charge on any atom is 0.261 e. The van der Waals surface area contributed by atoms with E-state index >= 15 is 0 Å². The lowest BCUT2D eigenvalue weighted by molar-refractivity contribution is -0.136. The third-order valence-corrected chi connectivity index (χ3v) is 6.46. The number of carbonyl (C=O) groups is 2. The first-order valence-electron chi connectivity index (χ1n) is 9.74. The molecule has 1 aliphatic carbocycles. The summed E-state index contributed by atoms with van der Waals surface area (Å²) in [6, 6.07) is 2.00. The molecule has 7 heteroatoms. The number of aryl methyl sites for hydroxylation is 1. The van der Waals surface area contributed by atoms with Gasteiger partial charge in [-0.1, -0.05) is 13.8 Å². The summed E-state index contributed by atoms with van der Waals surface area (Å²) in [5.41, 5.74) is 4.48. The molecular weight excluding hydrogens is 360 g/mol. The number of nitrogens with one attached hydrogen (secondary N) is 1. The Bertz CT molecular complexity index is 867. The predicted octanol–water partition coefficient (Wildman–Crippen LogP) is 2.75. The highest BCUT2D eigenvalue weighted by atomic mass is 32.1. The van der Waals surface area contributed by atoms with Gasteiger partial charge in [-0.3, -0.25) is 14.3 Å². The van der Waals surface area contributed by atoms with Crippen LogP contribution in [0.2, 0.25) is 0 Å². The second-order valence-electron chi connectivity index (χ2n) is 7.72. The van der Waals surface area contributed by atoms with Gasteiger partial charge < -0.3 is 10.2 Å². The molecule has 27 heavy (non-hydrogen) atoms. The van der Waals surface area contributed by atoms with Crippen LogP contribution in [0.3, 0.4) is 0 Å². The molecule has 1 N–H and O–H groups in total. The van der Waals surface area contributed by atoms with Crippen molar-refractivity contribution in [1.29, 1.82) is 0 Å². The monoisotopic (exact) mass is 386 g/mol. The molecule has 0 spiro atoms. The summed E-state index contributed by atoms with van der Waals surface area (Å²) in [5.74, 6) is 0.195. The van der Waals surface area contributed by atoms with Crippen LogP contribution in [0.1, 0.15) is 58.9 Å². The van der Waals surface area contributed by atoms with Crippen molar-refractivity contribution in [2.24, 2.45) is 5.92 Å². The molecule has 1 aliphatic heterocycles. The van der Waals surface area contributed by atoms with Crippen LogP contribution in [-0.2, 0) is 37.3 Å². The van der Waals surface area contributed by atoms with Crippen LogP contribution in [0.5, 0.6) is 0 Å². The molecular formula is C20H26N4O2S. The number of thiophene rings is 1. The van der Waals surface area contributed by atoms with E-state index in [1.54, 1.807) is 11.3 Å². The van der Waals surface area contributed by atoms with Gasteiger partial charge in [0.05, 0.1) is 35.9 Å². The molecule has 6 nitrogen and oxygen atoms in total. The van der Waals surface area contributed by atoms with E-state index < -0.39 is 0 Å². The molecule has 0 radical (unpaired) electrons. The van der Waals surface area contributed by atoms with E-state index in [0.717, 1.165) is 29.1 Å². The maximum atomic E-state index is 12.6. The van der Waals surface area contributed by atoms with Gasteiger partial charge in [0, 0.05) is 12.5 Å². The van der Waals surface area contributed by atoms with Crippen LogP contribution in [0.25, 0.3) is 0 Å². The first kappa shape index (κ1) is 18.2. The minimum absolute atomic E-state index is 0.00531. The minimum atomic E-state index is 0.00531. The number of hydrogen-bond donors (Lipinski definition) is 1. The van der Waals surface area contributed by atoms with Gasteiger partial charge in [0.2, 0.25) is 5.91 Å². The number of rotatable bonds is 4. The Labute approximate surface area is 163 Å². The highest BCUT2D eigenvalue weighted by Crippen LogP contribution is 2.29. The first-order valence-corrected chi connectivity index (χ1v) is 10.6. The summed E-state index contributed by atoms with van der Waals surface area (Å²) in [4.78, 5) is 27.6. The second-order valence-corrected chi connectivity index (χ2v) is 8.60. The Balaban J connectivity index is 1.39. The summed E-state index contributed by atoms with van der Waals surface area (Å²) < 4.78 is 1.96. The molecule has 2 aliphatic rings. The fourth-order valence-electron chi connectivity index (χ4n) is 3.93. The van der Waals surface area contributed by atoms with Gasteiger partial charge in [0.25, 0.3) is 5.91 Å². The zero-order valence-corrected chi connectivity index (χ0v) is 16.8. The van der Waals surface area contributed by atoms with Crippen molar-refractivity contribution in [2.75, 3.05) is 6.54 Å². The quantitative estimate of drug-likeness (QED) is 0.879. The Morgan fingerprint density at radius 3 is 2.89 bits per heavy atom. The second kappa shape index (κ2) is 7.46. The van der Waals surface area contributed by atoms with Crippen LogP contribution >= 0.6 is 11.3 Å². The van der Waals surface area contributed by atoms with Crippen LogP contribution in [0.4, 0.5) is 0 Å². The average Bonchev–Trinajstić information content (AvgIpc) is 3.28. The number of nitrogens with zero attached hydrogens (tertiary/aromatic N) is 3. The Kier molecular flexibility index (Phi) is 5.04. The SMILES string of the molecule is CC(C)C(=O)N1CCn2nc(CNC(=O)c3scc4c3CCCC4)cc2C1. The molecule has 0 unspecified atom stereocenters. The molecule has 2 amide bonds. The molecule has 3 heterocycles. The van der Waals surface area contributed by atoms with E-state index in [4.69, 9.17) is 0 Å². The lowest BCUT2D eigenvalue weighted by atomic mass is 9.94. The molecule has 4 rings (SSSR count). The first-order chi connectivity index (χ1) is 13.0. The Morgan fingerprint density at radius 1 is 1.26 bits per heavy atom. The molecule has 0 saturated heterocycles. The Hall–Kier alpha value is -2.15. The van der Waals surface area contributed by atoms with Gasteiger partial charge in [-0.15, -0.1) is 11.3 Å². The maximum absolute atomic E-state index is 12.6. The summed E-state index contributed by atoms with van der Waals surface area (Å²) in [5, 5.41) is 9.76. The molecule has 2 aromatic rings. The number of amides is 2. The fourth-order valence-corrected chi connectivity index (χ4v) is 5.00. The zero-order valence-electron chi connectivity index (χ0n) is 16.0. The lowest BCUT2D eigenvalue weighted by Crippen LogP contribution is -2.40. The highest BCUT2D eigenvalue weighted by molar-refractivity contribution is 7.12. The van der Waals surface area contributed by atoms with Crippen molar-refractivity contribution in [3.8, 4) is 0 Å². The summed E-state index contributed by atoms with van der Waals surface area (Å²) in [6.07, 6.45) is 4.50. The third kappa shape index (κ3) is 3.65. The molecule has 0 fully saturated rings. The van der Waals surface area contributed by atoms with Crippen molar-refractivity contribution in [3.05, 3.63) is 38.8 Å². The van der Waals surface area contributed by atoms with Gasteiger partial charge >= 0.3 is 0 Å². The zero-order chi connectivity index (χ0) is 19.0. The smallest absolute Gasteiger partial charge is 0.261 e. The highest BCUT2D eigenvalue weighted by Gasteiger charge is 2.24. The average molecular weight is 387 g/mol. The standard InChI is InChI=1S/C20H26N4O2S/c1-13(2)20(26)23-7-8-24-16(11-23)9-15(22-24)10-21-19(25)18-17-6-4-3-5-14(17)12-27-18/h9,12-13H,3-8,10-11H2,1-2H3,(H,21,25). The molecule has 0 bridgehead atoms. The summed E-state index contributed by atoms with van der Waals surface area (Å²) in [6.45, 7) is 6.27. The van der Waals surface area contributed by atoms with Gasteiger partial charge in [0.1, 0.15) is 0 Å². The van der Waals surface area contributed by atoms with E-state index in [9.17, 15) is 9.59 Å². The molecule has 144 valence electrons. The summed E-state index contributed by atoms with van der Waals surface area (Å²) in [7, 11) is 0. The largest absolute Gasteiger partial charge is 0.346 e. The van der Waals surface area contributed by atoms with Gasteiger partial charge in [-0.25, -0.2) is 0 Å². The van der Waals surface area contributed by atoms with Crippen LogP contribution in [0, 0.1) is 5.92 Å². The Morgan fingerprint density at radius 2 is 2.07 bits per heavy atom. The van der Waals surface area contributed by atoms with Crippen molar-refractivity contribution in [2.45, 2.75) is 59.2 Å². The number of hydrogen-bond acceptors (Lipinski definition) is 4. The van der Waals surface area contributed by atoms with E-state index in [1.807, 2.05) is 29.5 Å². The molecule has 0 saturated carbocycles. The van der Waals surface area contributed by atoms with Gasteiger partial charge in [0.15, 0.2) is 0 Å². The van der Waals surface area contributed by atoms with Crippen molar-refractivity contribution >= 4 is 23.2 Å². The predicted molar refractivity (Wildman–Crippen MR) is 105 cm³/mol. The molecule has 0 aromatic carbocycles. The molecule has 0 atom stereocenters. The van der Waals surface area contributed by atoms with Crippen LogP contribution in [0.15, 0.2) is 11.4 Å².